The molecule has 0 spiro atoms. The third kappa shape index (κ3) is 4.08. The lowest BCUT2D eigenvalue weighted by Crippen LogP contribution is -2.34. The van der Waals surface area contributed by atoms with Crippen LogP contribution in [0.4, 0.5) is 0 Å². The molecule has 0 aliphatic carbocycles. The fourth-order valence-electron chi connectivity index (χ4n) is 1.98. The minimum atomic E-state index is -0.860. The molecule has 0 aromatic heterocycles. The van der Waals surface area contributed by atoms with Crippen LogP contribution >= 0.6 is 0 Å². The van der Waals surface area contributed by atoms with Crippen LogP contribution in [0.1, 0.15) is 26.2 Å². The summed E-state index contributed by atoms with van der Waals surface area (Å²) in [5.74, 6) is -0.860. The second kappa shape index (κ2) is 6.83. The molecule has 5 nitrogen and oxygen atoms in total. The summed E-state index contributed by atoms with van der Waals surface area (Å²) in [6, 6.07) is 0. The number of likely N-dealkylation sites (N-methyl/N-ethyl adjacent to an activating group) is 1. The van der Waals surface area contributed by atoms with E-state index in [1.807, 2.05) is 0 Å². The van der Waals surface area contributed by atoms with E-state index in [1.54, 1.807) is 0 Å². The molecular formula is C11H21NO4. The van der Waals surface area contributed by atoms with Gasteiger partial charge in [0.05, 0.1) is 6.10 Å². The van der Waals surface area contributed by atoms with E-state index >= 15 is 0 Å². The fraction of sp³-hybridized carbons (Fsp3) is 0.909. The van der Waals surface area contributed by atoms with Crippen LogP contribution in [-0.2, 0) is 9.53 Å². The Hall–Kier alpha value is -0.650. The third-order valence-corrected chi connectivity index (χ3v) is 2.92. The van der Waals surface area contributed by atoms with Crippen molar-refractivity contribution in [2.24, 2.45) is 0 Å². The lowest BCUT2D eigenvalue weighted by molar-refractivity contribution is -0.149. The highest BCUT2D eigenvalue weighted by Gasteiger charge is 2.31. The molecule has 2 atom stereocenters. The molecule has 0 bridgehead atoms. The number of aliphatic hydroxyl groups excluding tert-OH is 1. The van der Waals surface area contributed by atoms with E-state index in [-0.39, 0.29) is 12.7 Å². The summed E-state index contributed by atoms with van der Waals surface area (Å²) in [6.07, 6.45) is 1.58. The highest BCUT2D eigenvalue weighted by molar-refractivity contribution is 5.72. The quantitative estimate of drug-likeness (QED) is 0.660. The number of ether oxygens (including phenoxy) is 1. The van der Waals surface area contributed by atoms with E-state index in [2.05, 4.69) is 11.8 Å². The van der Waals surface area contributed by atoms with E-state index in [9.17, 15) is 4.79 Å². The average Bonchev–Trinajstić information content (AvgIpc) is 2.72. The Morgan fingerprint density at radius 3 is 2.75 bits per heavy atom. The molecular weight excluding hydrogens is 210 g/mol. The molecule has 1 aliphatic rings. The van der Waals surface area contributed by atoms with Gasteiger partial charge in [-0.15, -0.1) is 0 Å². The molecule has 1 saturated heterocycles. The first-order valence-electron chi connectivity index (χ1n) is 5.88. The Kier molecular flexibility index (Phi) is 5.73. The van der Waals surface area contributed by atoms with Crippen molar-refractivity contribution < 1.29 is 19.7 Å². The van der Waals surface area contributed by atoms with Gasteiger partial charge < -0.3 is 19.8 Å². The average molecular weight is 231 g/mol. The zero-order chi connectivity index (χ0) is 12.0. The van der Waals surface area contributed by atoms with E-state index < -0.39 is 12.1 Å². The Balaban J connectivity index is 2.28. The van der Waals surface area contributed by atoms with Crippen molar-refractivity contribution in [1.82, 2.24) is 4.90 Å². The van der Waals surface area contributed by atoms with Gasteiger partial charge in [0.25, 0.3) is 0 Å². The minimum Gasteiger partial charge on any atom is -0.479 e. The van der Waals surface area contributed by atoms with Crippen LogP contribution in [0.25, 0.3) is 0 Å². The number of nitrogens with zero attached hydrogens (tertiary/aromatic N) is 1. The van der Waals surface area contributed by atoms with Crippen molar-refractivity contribution in [2.45, 2.75) is 38.4 Å². The molecule has 2 unspecified atom stereocenters. The molecule has 0 saturated carbocycles. The second-order valence-corrected chi connectivity index (χ2v) is 4.13. The number of carboxylic acid groups (broad SMARTS) is 1. The van der Waals surface area contributed by atoms with Crippen molar-refractivity contribution in [2.75, 3.05) is 26.2 Å². The van der Waals surface area contributed by atoms with Gasteiger partial charge in [-0.2, -0.15) is 0 Å². The summed E-state index contributed by atoms with van der Waals surface area (Å²) in [4.78, 5) is 12.9. The second-order valence-electron chi connectivity index (χ2n) is 4.13. The number of carboxylic acids is 1. The van der Waals surface area contributed by atoms with Crippen LogP contribution in [0.5, 0.6) is 0 Å². The molecule has 0 radical (unpaired) electrons. The number of aliphatic carboxylic acids is 1. The van der Waals surface area contributed by atoms with Gasteiger partial charge in [0.1, 0.15) is 0 Å². The summed E-state index contributed by atoms with van der Waals surface area (Å²) in [7, 11) is 0. The number of hydrogen-bond acceptors (Lipinski definition) is 4. The van der Waals surface area contributed by atoms with Crippen molar-refractivity contribution in [3.05, 3.63) is 0 Å². The Labute approximate surface area is 96.0 Å². The van der Waals surface area contributed by atoms with Gasteiger partial charge in [0.15, 0.2) is 6.10 Å². The van der Waals surface area contributed by atoms with Crippen molar-refractivity contribution in [3.63, 3.8) is 0 Å². The lowest BCUT2D eigenvalue weighted by atomic mass is 10.2. The molecule has 1 rings (SSSR count). The highest BCUT2D eigenvalue weighted by atomic mass is 16.5. The van der Waals surface area contributed by atoms with Crippen LogP contribution < -0.4 is 0 Å². The first-order chi connectivity index (χ1) is 7.67. The molecule has 0 aromatic rings. The molecule has 2 N–H and O–H groups in total. The molecule has 16 heavy (non-hydrogen) atoms. The minimum absolute atomic E-state index is 0.0275. The first-order valence-corrected chi connectivity index (χ1v) is 5.88. The molecule has 5 heteroatoms. The van der Waals surface area contributed by atoms with Crippen LogP contribution in [0.3, 0.4) is 0 Å². The van der Waals surface area contributed by atoms with Crippen molar-refractivity contribution >= 4 is 5.97 Å². The van der Waals surface area contributed by atoms with Crippen LogP contribution in [0, 0.1) is 0 Å². The maximum absolute atomic E-state index is 10.7. The maximum atomic E-state index is 10.7. The summed E-state index contributed by atoms with van der Waals surface area (Å²) in [6.45, 7) is 4.75. The normalized spacial score (nSPS) is 25.2. The first kappa shape index (κ1) is 13.4. The zero-order valence-corrected chi connectivity index (χ0v) is 9.76. The maximum Gasteiger partial charge on any atom is 0.332 e. The standard InChI is InChI=1S/C11H21NO4/c1-2-12(6-3-7-13)8-9-4-5-10(16-9)11(14)15/h9-10,13H,2-8H2,1H3,(H,14,15). The van der Waals surface area contributed by atoms with E-state index in [0.29, 0.717) is 6.42 Å². The molecule has 1 heterocycles. The summed E-state index contributed by atoms with van der Waals surface area (Å²) < 4.78 is 5.43. The third-order valence-electron chi connectivity index (χ3n) is 2.92. The van der Waals surface area contributed by atoms with Crippen LogP contribution in [-0.4, -0.2) is 59.5 Å². The fourth-order valence-corrected chi connectivity index (χ4v) is 1.98. The van der Waals surface area contributed by atoms with Gasteiger partial charge in [0, 0.05) is 19.7 Å². The van der Waals surface area contributed by atoms with Gasteiger partial charge in [-0.1, -0.05) is 6.92 Å². The Bertz CT molecular complexity index is 222. The smallest absolute Gasteiger partial charge is 0.332 e. The highest BCUT2D eigenvalue weighted by Crippen LogP contribution is 2.20. The zero-order valence-electron chi connectivity index (χ0n) is 9.76. The largest absolute Gasteiger partial charge is 0.479 e. The van der Waals surface area contributed by atoms with Crippen LogP contribution in [0.2, 0.25) is 0 Å². The van der Waals surface area contributed by atoms with Crippen molar-refractivity contribution in [1.29, 1.82) is 0 Å². The molecule has 0 amide bonds. The lowest BCUT2D eigenvalue weighted by Gasteiger charge is -2.23. The number of hydrogen-bond donors (Lipinski definition) is 2. The predicted octanol–water partition coefficient (Wildman–Crippen LogP) is 0.323. The van der Waals surface area contributed by atoms with Gasteiger partial charge in [-0.3, -0.25) is 0 Å². The predicted molar refractivity (Wildman–Crippen MR) is 59.3 cm³/mol. The van der Waals surface area contributed by atoms with E-state index in [0.717, 1.165) is 32.5 Å². The Morgan fingerprint density at radius 2 is 2.25 bits per heavy atom. The molecule has 1 aliphatic heterocycles. The SMILES string of the molecule is CCN(CCCO)CC1CCC(C(=O)O)O1. The monoisotopic (exact) mass is 231 g/mol. The van der Waals surface area contributed by atoms with E-state index in [1.165, 1.54) is 0 Å². The van der Waals surface area contributed by atoms with Gasteiger partial charge >= 0.3 is 5.97 Å². The Morgan fingerprint density at radius 1 is 1.50 bits per heavy atom. The van der Waals surface area contributed by atoms with Crippen molar-refractivity contribution in [3.8, 4) is 0 Å². The molecule has 0 aromatic carbocycles. The number of rotatable bonds is 7. The van der Waals surface area contributed by atoms with Gasteiger partial charge in [-0.05, 0) is 25.8 Å². The molecule has 1 fully saturated rings. The van der Waals surface area contributed by atoms with E-state index in [4.69, 9.17) is 14.9 Å². The summed E-state index contributed by atoms with van der Waals surface area (Å²) in [5.41, 5.74) is 0. The van der Waals surface area contributed by atoms with Crippen LogP contribution in [0.15, 0.2) is 0 Å². The summed E-state index contributed by atoms with van der Waals surface area (Å²) >= 11 is 0. The van der Waals surface area contributed by atoms with Gasteiger partial charge in [-0.25, -0.2) is 4.79 Å². The number of carbonyl (C=O) groups is 1. The molecule has 94 valence electrons. The topological polar surface area (TPSA) is 70.0 Å². The summed E-state index contributed by atoms with van der Waals surface area (Å²) in [5, 5.41) is 17.5. The number of aliphatic hydroxyl groups is 1. The van der Waals surface area contributed by atoms with Gasteiger partial charge in [0.2, 0.25) is 0 Å².